The zero-order valence-corrected chi connectivity index (χ0v) is 11.1. The Morgan fingerprint density at radius 1 is 1.25 bits per heavy atom. The first-order valence-corrected chi connectivity index (χ1v) is 6.47. The van der Waals surface area contributed by atoms with Crippen LogP contribution in [0.4, 0.5) is 10.1 Å². The number of ether oxygens (including phenoxy) is 1. The van der Waals surface area contributed by atoms with Gasteiger partial charge in [-0.3, -0.25) is 4.79 Å². The van der Waals surface area contributed by atoms with E-state index in [-0.39, 0.29) is 5.78 Å². The summed E-state index contributed by atoms with van der Waals surface area (Å²) in [6.45, 7) is 3.02. The van der Waals surface area contributed by atoms with Crippen molar-refractivity contribution in [2.75, 3.05) is 18.5 Å². The van der Waals surface area contributed by atoms with Crippen LogP contribution >= 0.6 is 0 Å². The van der Waals surface area contributed by atoms with Gasteiger partial charge in [0.25, 0.3) is 0 Å². The number of ketones is 1. The Bertz CT molecular complexity index is 682. The van der Waals surface area contributed by atoms with E-state index in [1.54, 1.807) is 25.1 Å². The lowest BCUT2D eigenvalue weighted by Gasteiger charge is -2.21. The third kappa shape index (κ3) is 2.13. The van der Waals surface area contributed by atoms with Gasteiger partial charge in [0, 0.05) is 12.1 Å². The van der Waals surface area contributed by atoms with E-state index < -0.39 is 5.82 Å². The molecule has 2 aromatic carbocycles. The van der Waals surface area contributed by atoms with E-state index in [2.05, 4.69) is 5.32 Å². The van der Waals surface area contributed by atoms with Crippen molar-refractivity contribution in [1.82, 2.24) is 0 Å². The predicted octanol–water partition coefficient (Wildman–Crippen LogP) is 3.17. The molecule has 0 aliphatic carbocycles. The van der Waals surface area contributed by atoms with Crippen LogP contribution in [0.5, 0.6) is 5.75 Å². The molecule has 0 bridgehead atoms. The van der Waals surface area contributed by atoms with Crippen LogP contribution in [-0.2, 0) is 0 Å². The number of anilines is 1. The zero-order chi connectivity index (χ0) is 14.1. The molecule has 0 atom stereocenters. The summed E-state index contributed by atoms with van der Waals surface area (Å²) in [7, 11) is 0. The van der Waals surface area contributed by atoms with Crippen LogP contribution in [0, 0.1) is 12.7 Å². The second kappa shape index (κ2) is 4.96. The Morgan fingerprint density at radius 3 is 2.95 bits per heavy atom. The van der Waals surface area contributed by atoms with Crippen LogP contribution in [-0.4, -0.2) is 18.9 Å². The van der Waals surface area contributed by atoms with Crippen molar-refractivity contribution in [3.8, 4) is 5.75 Å². The van der Waals surface area contributed by atoms with Gasteiger partial charge in [0.2, 0.25) is 0 Å². The molecule has 0 aromatic heterocycles. The maximum atomic E-state index is 13.4. The van der Waals surface area contributed by atoms with E-state index >= 15 is 0 Å². The molecule has 0 radical (unpaired) electrons. The molecule has 1 aliphatic rings. The van der Waals surface area contributed by atoms with E-state index in [1.807, 2.05) is 6.07 Å². The summed E-state index contributed by atoms with van der Waals surface area (Å²) >= 11 is 0. The molecule has 0 fully saturated rings. The molecule has 0 saturated carbocycles. The van der Waals surface area contributed by atoms with Crippen LogP contribution in [0.25, 0.3) is 0 Å². The van der Waals surface area contributed by atoms with Gasteiger partial charge in [-0.05, 0) is 36.8 Å². The smallest absolute Gasteiger partial charge is 0.197 e. The number of carbonyl (C=O) groups is 1. The average Bonchev–Trinajstić information content (AvgIpc) is 2.48. The first-order chi connectivity index (χ1) is 9.66. The van der Waals surface area contributed by atoms with Gasteiger partial charge >= 0.3 is 0 Å². The second-order valence-electron chi connectivity index (χ2n) is 4.75. The minimum atomic E-state index is -0.414. The van der Waals surface area contributed by atoms with Crippen molar-refractivity contribution in [2.24, 2.45) is 0 Å². The fraction of sp³-hybridized carbons (Fsp3) is 0.188. The molecule has 0 unspecified atom stereocenters. The van der Waals surface area contributed by atoms with Crippen LogP contribution in [0.15, 0.2) is 36.4 Å². The number of aryl methyl sites for hydroxylation is 1. The lowest BCUT2D eigenvalue weighted by Crippen LogP contribution is -2.20. The van der Waals surface area contributed by atoms with Crippen molar-refractivity contribution in [2.45, 2.75) is 6.92 Å². The van der Waals surface area contributed by atoms with Crippen molar-refractivity contribution in [3.05, 3.63) is 58.9 Å². The average molecular weight is 271 g/mol. The number of para-hydroxylation sites is 1. The fourth-order valence-electron chi connectivity index (χ4n) is 2.33. The third-order valence-corrected chi connectivity index (χ3v) is 3.37. The summed E-state index contributed by atoms with van der Waals surface area (Å²) in [5.74, 6) is -0.0854. The number of hydrogen-bond donors (Lipinski definition) is 1. The van der Waals surface area contributed by atoms with Crippen molar-refractivity contribution >= 4 is 11.5 Å². The van der Waals surface area contributed by atoms with Crippen molar-refractivity contribution in [1.29, 1.82) is 0 Å². The number of rotatable bonds is 2. The number of hydrogen-bond acceptors (Lipinski definition) is 3. The predicted molar refractivity (Wildman–Crippen MR) is 75.0 cm³/mol. The first kappa shape index (κ1) is 12.7. The number of benzene rings is 2. The van der Waals surface area contributed by atoms with Crippen LogP contribution < -0.4 is 10.1 Å². The Hall–Kier alpha value is -2.36. The Labute approximate surface area is 116 Å². The number of fused-ring (bicyclic) bond motifs is 1. The summed E-state index contributed by atoms with van der Waals surface area (Å²) in [6, 6.07) is 9.60. The van der Waals surface area contributed by atoms with E-state index in [4.69, 9.17) is 4.74 Å². The molecule has 0 spiro atoms. The molecule has 3 nitrogen and oxygen atoms in total. The Kier molecular flexibility index (Phi) is 3.14. The molecule has 1 heterocycles. The zero-order valence-electron chi connectivity index (χ0n) is 11.1. The normalized spacial score (nSPS) is 13.1. The SMILES string of the molecule is Cc1ccc(F)cc1C(=O)c1cccc2c1OCCN2. The first-order valence-electron chi connectivity index (χ1n) is 6.47. The lowest BCUT2D eigenvalue weighted by atomic mass is 9.97. The highest BCUT2D eigenvalue weighted by molar-refractivity contribution is 6.12. The molecule has 0 saturated heterocycles. The van der Waals surface area contributed by atoms with Crippen molar-refractivity contribution < 1.29 is 13.9 Å². The summed E-state index contributed by atoms with van der Waals surface area (Å²) < 4.78 is 19.0. The lowest BCUT2D eigenvalue weighted by molar-refractivity contribution is 0.103. The minimum Gasteiger partial charge on any atom is -0.489 e. The highest BCUT2D eigenvalue weighted by Crippen LogP contribution is 2.33. The Morgan fingerprint density at radius 2 is 2.10 bits per heavy atom. The molecule has 0 amide bonds. The van der Waals surface area contributed by atoms with E-state index in [0.717, 1.165) is 11.3 Å². The highest BCUT2D eigenvalue weighted by atomic mass is 19.1. The third-order valence-electron chi connectivity index (χ3n) is 3.37. The van der Waals surface area contributed by atoms with Gasteiger partial charge in [-0.25, -0.2) is 4.39 Å². The maximum Gasteiger partial charge on any atom is 0.197 e. The molecule has 1 N–H and O–H groups in total. The van der Waals surface area contributed by atoms with Crippen molar-refractivity contribution in [3.63, 3.8) is 0 Å². The Balaban J connectivity index is 2.09. The summed E-state index contributed by atoms with van der Waals surface area (Å²) in [5.41, 5.74) is 2.38. The molecule has 102 valence electrons. The number of nitrogens with one attached hydrogen (secondary N) is 1. The van der Waals surface area contributed by atoms with Gasteiger partial charge < -0.3 is 10.1 Å². The number of halogens is 1. The van der Waals surface area contributed by atoms with Gasteiger partial charge in [-0.15, -0.1) is 0 Å². The van der Waals surface area contributed by atoms with E-state index in [0.29, 0.717) is 30.0 Å². The van der Waals surface area contributed by atoms with E-state index in [9.17, 15) is 9.18 Å². The topological polar surface area (TPSA) is 38.3 Å². The maximum absolute atomic E-state index is 13.4. The molecule has 20 heavy (non-hydrogen) atoms. The molecular weight excluding hydrogens is 257 g/mol. The summed E-state index contributed by atoms with van der Waals surface area (Å²) in [5, 5.41) is 3.18. The van der Waals surface area contributed by atoms with Gasteiger partial charge in [0.15, 0.2) is 11.5 Å². The summed E-state index contributed by atoms with van der Waals surface area (Å²) in [4.78, 5) is 12.6. The highest BCUT2D eigenvalue weighted by Gasteiger charge is 2.21. The standard InChI is InChI=1S/C16H14FNO2/c1-10-5-6-11(17)9-13(10)15(19)12-3-2-4-14-16(12)20-8-7-18-14/h2-6,9,18H,7-8H2,1H3. The molecule has 3 rings (SSSR count). The molecular formula is C16H14FNO2. The van der Waals surface area contributed by atoms with Gasteiger partial charge in [0.05, 0.1) is 11.3 Å². The minimum absolute atomic E-state index is 0.220. The largest absolute Gasteiger partial charge is 0.489 e. The monoisotopic (exact) mass is 271 g/mol. The summed E-state index contributed by atoms with van der Waals surface area (Å²) in [6.07, 6.45) is 0. The fourth-order valence-corrected chi connectivity index (χ4v) is 2.33. The molecule has 4 heteroatoms. The van der Waals surface area contributed by atoms with Crippen LogP contribution in [0.1, 0.15) is 21.5 Å². The number of carbonyl (C=O) groups excluding carboxylic acids is 1. The second-order valence-corrected chi connectivity index (χ2v) is 4.75. The van der Waals surface area contributed by atoms with Gasteiger partial charge in [0.1, 0.15) is 12.4 Å². The van der Waals surface area contributed by atoms with Crippen LogP contribution in [0.3, 0.4) is 0 Å². The van der Waals surface area contributed by atoms with Gasteiger partial charge in [-0.2, -0.15) is 0 Å². The van der Waals surface area contributed by atoms with Gasteiger partial charge in [-0.1, -0.05) is 12.1 Å². The quantitative estimate of drug-likeness (QED) is 0.853. The molecule has 1 aliphatic heterocycles. The van der Waals surface area contributed by atoms with E-state index in [1.165, 1.54) is 12.1 Å². The van der Waals surface area contributed by atoms with Crippen LogP contribution in [0.2, 0.25) is 0 Å². The molecule has 2 aromatic rings.